The minimum absolute atomic E-state index is 0.0262. The number of methoxy groups -OCH3 is 1. The maximum atomic E-state index is 11.9. The first-order valence-electron chi connectivity index (χ1n) is 6.04. The number of aliphatic carboxylic acids is 1. The fraction of sp³-hybridized carbons (Fsp3) is 0.308. The smallest absolute Gasteiger partial charge is 0.229 e. The van der Waals surface area contributed by atoms with E-state index in [4.69, 9.17) is 4.74 Å². The third kappa shape index (κ3) is 2.09. The number of hydrogen-bond donors (Lipinski definition) is 0. The van der Waals surface area contributed by atoms with Crippen LogP contribution < -0.4 is 14.7 Å². The SMILES string of the molecule is COc1ccc2nc(N3C[C@@H](C(=O)[O-])CC3=O)sc2c1. The maximum Gasteiger partial charge on any atom is 0.229 e. The number of fused-ring (bicyclic) bond motifs is 1. The van der Waals surface area contributed by atoms with Gasteiger partial charge in [-0.25, -0.2) is 4.98 Å². The third-order valence-corrected chi connectivity index (χ3v) is 4.31. The van der Waals surface area contributed by atoms with Crippen LogP contribution in [0.1, 0.15) is 6.42 Å². The second-order valence-electron chi connectivity index (χ2n) is 4.55. The zero-order chi connectivity index (χ0) is 14.3. The molecule has 1 saturated heterocycles. The molecular formula is C13H11N2O4S-. The van der Waals surface area contributed by atoms with Crippen LogP contribution in [-0.2, 0) is 9.59 Å². The van der Waals surface area contributed by atoms with Gasteiger partial charge in [-0.05, 0) is 18.2 Å². The first-order chi connectivity index (χ1) is 9.58. The van der Waals surface area contributed by atoms with Crippen LogP contribution in [-0.4, -0.2) is 30.5 Å². The highest BCUT2D eigenvalue weighted by Gasteiger charge is 2.33. The normalized spacial score (nSPS) is 18.8. The first-order valence-corrected chi connectivity index (χ1v) is 6.86. The van der Waals surface area contributed by atoms with E-state index in [1.807, 2.05) is 12.1 Å². The Balaban J connectivity index is 1.94. The summed E-state index contributed by atoms with van der Waals surface area (Å²) in [6.07, 6.45) is -0.0262. The molecule has 6 nitrogen and oxygen atoms in total. The minimum Gasteiger partial charge on any atom is -0.550 e. The molecule has 2 heterocycles. The van der Waals surface area contributed by atoms with E-state index in [1.165, 1.54) is 16.2 Å². The van der Waals surface area contributed by atoms with Crippen molar-refractivity contribution in [1.82, 2.24) is 4.98 Å². The van der Waals surface area contributed by atoms with Crippen molar-refractivity contribution < 1.29 is 19.4 Å². The summed E-state index contributed by atoms with van der Waals surface area (Å²) < 4.78 is 6.03. The van der Waals surface area contributed by atoms with Crippen molar-refractivity contribution in [2.75, 3.05) is 18.6 Å². The Morgan fingerprint density at radius 3 is 3.00 bits per heavy atom. The predicted octanol–water partition coefficient (Wildman–Crippen LogP) is 0.408. The molecule has 1 fully saturated rings. The Bertz CT molecular complexity index is 697. The summed E-state index contributed by atoms with van der Waals surface area (Å²) in [7, 11) is 1.58. The number of ether oxygens (including phenoxy) is 1. The first kappa shape index (κ1) is 12.9. The summed E-state index contributed by atoms with van der Waals surface area (Å²) in [5, 5.41) is 11.4. The lowest BCUT2D eigenvalue weighted by Gasteiger charge is -2.13. The quantitative estimate of drug-likeness (QED) is 0.818. The molecular weight excluding hydrogens is 280 g/mol. The molecule has 1 aliphatic heterocycles. The van der Waals surface area contributed by atoms with Crippen LogP contribution >= 0.6 is 11.3 Å². The van der Waals surface area contributed by atoms with E-state index < -0.39 is 11.9 Å². The van der Waals surface area contributed by atoms with Crippen molar-refractivity contribution in [2.24, 2.45) is 5.92 Å². The van der Waals surface area contributed by atoms with E-state index in [0.717, 1.165) is 10.2 Å². The number of amides is 1. The van der Waals surface area contributed by atoms with Crippen molar-refractivity contribution in [3.63, 3.8) is 0 Å². The van der Waals surface area contributed by atoms with Crippen LogP contribution in [0, 0.1) is 5.92 Å². The predicted molar refractivity (Wildman–Crippen MR) is 71.6 cm³/mol. The van der Waals surface area contributed by atoms with Crippen molar-refractivity contribution >= 4 is 38.6 Å². The third-order valence-electron chi connectivity index (χ3n) is 3.27. The molecule has 0 radical (unpaired) electrons. The van der Waals surface area contributed by atoms with Gasteiger partial charge in [-0.2, -0.15) is 0 Å². The zero-order valence-electron chi connectivity index (χ0n) is 10.7. The van der Waals surface area contributed by atoms with Crippen molar-refractivity contribution in [3.8, 4) is 5.75 Å². The highest BCUT2D eigenvalue weighted by molar-refractivity contribution is 7.22. The van der Waals surface area contributed by atoms with E-state index in [9.17, 15) is 14.7 Å². The number of carbonyl (C=O) groups is 2. The summed E-state index contributed by atoms with van der Waals surface area (Å²) in [6, 6.07) is 5.44. The number of thiazole rings is 1. The van der Waals surface area contributed by atoms with Crippen LogP contribution in [0.2, 0.25) is 0 Å². The zero-order valence-corrected chi connectivity index (χ0v) is 11.5. The van der Waals surface area contributed by atoms with Gasteiger partial charge in [0.05, 0.1) is 17.3 Å². The molecule has 104 valence electrons. The number of carboxylic acids is 1. The number of aromatic nitrogens is 1. The second-order valence-corrected chi connectivity index (χ2v) is 5.56. The molecule has 0 spiro atoms. The summed E-state index contributed by atoms with van der Waals surface area (Å²) in [5.74, 6) is -1.47. The van der Waals surface area contributed by atoms with Crippen LogP contribution in [0.4, 0.5) is 5.13 Å². The van der Waals surface area contributed by atoms with Gasteiger partial charge in [0.2, 0.25) is 5.91 Å². The maximum absolute atomic E-state index is 11.9. The topological polar surface area (TPSA) is 82.6 Å². The average molecular weight is 291 g/mol. The summed E-state index contributed by atoms with van der Waals surface area (Å²) >= 11 is 1.34. The number of rotatable bonds is 3. The lowest BCUT2D eigenvalue weighted by Crippen LogP contribution is -2.33. The molecule has 1 aromatic heterocycles. The monoisotopic (exact) mass is 291 g/mol. The van der Waals surface area contributed by atoms with Gasteiger partial charge in [-0.15, -0.1) is 0 Å². The van der Waals surface area contributed by atoms with Crippen LogP contribution in [0.3, 0.4) is 0 Å². The van der Waals surface area contributed by atoms with Gasteiger partial charge in [-0.1, -0.05) is 11.3 Å². The largest absolute Gasteiger partial charge is 0.550 e. The molecule has 0 aliphatic carbocycles. The molecule has 1 aliphatic rings. The van der Waals surface area contributed by atoms with Crippen LogP contribution in [0.15, 0.2) is 18.2 Å². The highest BCUT2D eigenvalue weighted by atomic mass is 32.1. The molecule has 0 unspecified atom stereocenters. The van der Waals surface area contributed by atoms with Crippen molar-refractivity contribution in [3.05, 3.63) is 18.2 Å². The molecule has 20 heavy (non-hydrogen) atoms. The van der Waals surface area contributed by atoms with Gasteiger partial charge in [0.25, 0.3) is 0 Å². The Kier molecular flexibility index (Phi) is 3.06. The number of benzene rings is 1. The molecule has 1 amide bonds. The molecule has 1 aromatic carbocycles. The number of carbonyl (C=O) groups excluding carboxylic acids is 2. The fourth-order valence-electron chi connectivity index (χ4n) is 2.19. The van der Waals surface area contributed by atoms with E-state index in [2.05, 4.69) is 4.98 Å². The number of anilines is 1. The summed E-state index contributed by atoms with van der Waals surface area (Å²) in [5.41, 5.74) is 0.760. The molecule has 7 heteroatoms. The fourth-order valence-corrected chi connectivity index (χ4v) is 3.21. The van der Waals surface area contributed by atoms with E-state index in [-0.39, 0.29) is 18.9 Å². The Morgan fingerprint density at radius 1 is 1.55 bits per heavy atom. The summed E-state index contributed by atoms with van der Waals surface area (Å²) in [6.45, 7) is 0.123. The highest BCUT2D eigenvalue weighted by Crippen LogP contribution is 2.34. The summed E-state index contributed by atoms with van der Waals surface area (Å²) in [4.78, 5) is 28.5. The number of hydrogen-bond acceptors (Lipinski definition) is 6. The van der Waals surface area contributed by atoms with Gasteiger partial charge < -0.3 is 14.6 Å². The van der Waals surface area contributed by atoms with Gasteiger partial charge in [-0.3, -0.25) is 9.69 Å². The number of nitrogens with zero attached hydrogens (tertiary/aromatic N) is 2. The van der Waals surface area contributed by atoms with Gasteiger partial charge in [0, 0.05) is 24.9 Å². The van der Waals surface area contributed by atoms with E-state index in [1.54, 1.807) is 13.2 Å². The average Bonchev–Trinajstić information content (AvgIpc) is 3.00. The lowest BCUT2D eigenvalue weighted by atomic mass is 10.1. The standard InChI is InChI=1S/C13H12N2O4S/c1-19-8-2-3-9-10(5-8)20-13(14-9)15-6-7(12(17)18)4-11(15)16/h2-3,5,7H,4,6H2,1H3,(H,17,18)/p-1/t7-/m0/s1. The van der Waals surface area contributed by atoms with Crippen molar-refractivity contribution in [2.45, 2.75) is 6.42 Å². The molecule has 2 aromatic rings. The van der Waals surface area contributed by atoms with E-state index >= 15 is 0 Å². The van der Waals surface area contributed by atoms with Crippen LogP contribution in [0.5, 0.6) is 5.75 Å². The number of carboxylic acid groups (broad SMARTS) is 1. The molecule has 0 saturated carbocycles. The van der Waals surface area contributed by atoms with Crippen LogP contribution in [0.25, 0.3) is 10.2 Å². The molecule has 1 atom stereocenters. The molecule has 0 bridgehead atoms. The van der Waals surface area contributed by atoms with Gasteiger partial charge in [0.1, 0.15) is 5.75 Å². The Hall–Kier alpha value is -2.15. The van der Waals surface area contributed by atoms with Crippen molar-refractivity contribution in [1.29, 1.82) is 0 Å². The molecule has 0 N–H and O–H groups in total. The van der Waals surface area contributed by atoms with Gasteiger partial charge >= 0.3 is 0 Å². The lowest BCUT2D eigenvalue weighted by molar-refractivity contribution is -0.310. The Morgan fingerprint density at radius 2 is 2.35 bits per heavy atom. The second kappa shape index (κ2) is 4.75. The Labute approximate surface area is 118 Å². The minimum atomic E-state index is -1.19. The molecule has 3 rings (SSSR count). The van der Waals surface area contributed by atoms with Gasteiger partial charge in [0.15, 0.2) is 5.13 Å². The van der Waals surface area contributed by atoms with E-state index in [0.29, 0.717) is 10.9 Å².